The van der Waals surface area contributed by atoms with Crippen molar-refractivity contribution in [3.05, 3.63) is 72.1 Å². The molecule has 2 aromatic carbocycles. The molecule has 4 saturated heterocycles. The van der Waals surface area contributed by atoms with E-state index in [0.29, 0.717) is 9.80 Å². The molecule has 4 aliphatic heterocycles. The number of nitriles is 2. The summed E-state index contributed by atoms with van der Waals surface area (Å²) < 4.78 is 56.3. The maximum Gasteiger partial charge on any atom is 0.320 e. The Kier molecular flexibility index (Phi) is 29.4. The van der Waals surface area contributed by atoms with E-state index in [9.17, 15) is 111 Å². The standard InChI is InChI=1S/C69H84F4N18O17/c70-68(71)33-44(35-74)90(42-68)58(97)37-79-65(105)48-13-15-77-63-46(48)3-1-5-50(63)81-53(92)8-11-56(95)87-19-17-76-18-20-88(57(96)12-9-54(93)82-51-6-2-4-47-49(14-16-78-64(47)51)66(106)80-38-59(98)91-43-69(72,73)34-45(91)36-75)30-32-89(31-29-87)55(94)10-7-52(67(107)108)86-27-25-84(40-61(101)102)23-21-83(39-60(99)100)22-24-85(26-28-86)41-62(103)104/h1-6,13-16,44-45,52,76H,7-12,17-34,37-43H2,(H,79,105)(H,80,106)(H,81,92)(H,82,93)(H,99,100)(H,101,102)(H,103,104)(H,107,108)/t44-,45-,52?/m0/s1. The minimum Gasteiger partial charge on any atom is -0.480 e. The molecule has 4 aromatic rings. The van der Waals surface area contributed by atoms with Gasteiger partial charge in [0.2, 0.25) is 41.4 Å². The third-order valence-corrected chi connectivity index (χ3v) is 18.8. The van der Waals surface area contributed by atoms with E-state index in [-0.39, 0.29) is 181 Å². The maximum absolute atomic E-state index is 14.8. The van der Waals surface area contributed by atoms with Crippen LogP contribution in [0.5, 0.6) is 0 Å². The molecular weight excluding hydrogens is 1430 g/mol. The van der Waals surface area contributed by atoms with Gasteiger partial charge in [0.15, 0.2) is 0 Å². The third kappa shape index (κ3) is 23.7. The summed E-state index contributed by atoms with van der Waals surface area (Å²) in [5, 5.41) is 72.6. The Morgan fingerprint density at radius 1 is 0.491 bits per heavy atom. The van der Waals surface area contributed by atoms with Gasteiger partial charge < -0.3 is 71.5 Å². The first-order chi connectivity index (χ1) is 51.4. The van der Waals surface area contributed by atoms with Crippen LogP contribution in [0.25, 0.3) is 21.8 Å². The van der Waals surface area contributed by atoms with Crippen LogP contribution in [0, 0.1) is 22.7 Å². The second-order valence-corrected chi connectivity index (χ2v) is 26.4. The Balaban J connectivity index is 0.947. The number of carbonyl (C=O) groups excluding carboxylic acids is 9. The summed E-state index contributed by atoms with van der Waals surface area (Å²) in [5.74, 6) is -17.9. The minimum atomic E-state index is -3.28. The van der Waals surface area contributed by atoms with Crippen molar-refractivity contribution < 1.29 is 100 Å². The van der Waals surface area contributed by atoms with Crippen LogP contribution < -0.4 is 26.6 Å². The lowest BCUT2D eigenvalue weighted by Gasteiger charge is -2.35. The summed E-state index contributed by atoms with van der Waals surface area (Å²) in [6.07, 6.45) is -1.46. The summed E-state index contributed by atoms with van der Waals surface area (Å²) in [7, 11) is 0. The first-order valence-corrected chi connectivity index (χ1v) is 34.8. The highest BCUT2D eigenvalue weighted by molar-refractivity contribution is 6.12. The molecular formula is C69H84F4N18O17. The number of rotatable bonds is 25. The van der Waals surface area contributed by atoms with Gasteiger partial charge in [0, 0.05) is 173 Å². The SMILES string of the molecule is N#C[C@@H]1CC(F)(F)CN1C(=O)CNC(=O)c1ccnc2c(NC(=O)CCC(=O)N3CCNCCN(C(=O)CCC(=O)Nc4cccc5c(C(=O)NCC(=O)N6CC(F)(F)C[C@H]6C#N)ccnc45)CCN(C(=O)CCC(C(=O)O)N4CCN(CC(=O)O)CCN(CC(=O)O)CCN(CC(=O)O)CC4)CC3)cccc12. The number of pyridine rings is 2. The number of para-hydroxylation sites is 2. The average molecular weight is 1510 g/mol. The van der Waals surface area contributed by atoms with Crippen LogP contribution in [-0.4, -0.2) is 332 Å². The molecule has 2 aromatic heterocycles. The molecule has 108 heavy (non-hydrogen) atoms. The van der Waals surface area contributed by atoms with Crippen molar-refractivity contribution in [2.24, 2.45) is 0 Å². The first kappa shape index (κ1) is 82.5. The van der Waals surface area contributed by atoms with Crippen LogP contribution >= 0.6 is 0 Å². The van der Waals surface area contributed by atoms with Gasteiger partial charge in [-0.1, -0.05) is 24.3 Å². The number of nitrogens with one attached hydrogen (secondary N) is 5. The van der Waals surface area contributed by atoms with Gasteiger partial charge in [-0.3, -0.25) is 91.9 Å². The molecule has 4 aliphatic rings. The van der Waals surface area contributed by atoms with Gasteiger partial charge in [0.05, 0.1) is 91.5 Å². The van der Waals surface area contributed by atoms with E-state index >= 15 is 0 Å². The predicted molar refractivity (Wildman–Crippen MR) is 372 cm³/mol. The van der Waals surface area contributed by atoms with Gasteiger partial charge in [-0.2, -0.15) is 10.5 Å². The Hall–Kier alpha value is -11.1. The van der Waals surface area contributed by atoms with E-state index in [0.717, 1.165) is 0 Å². The number of halogens is 4. The van der Waals surface area contributed by atoms with Crippen molar-refractivity contribution in [3.8, 4) is 12.1 Å². The smallest absolute Gasteiger partial charge is 0.320 e. The number of carboxylic acid groups (broad SMARTS) is 4. The number of benzene rings is 2. The fourth-order valence-corrected chi connectivity index (χ4v) is 13.1. The quantitative estimate of drug-likeness (QED) is 0.0385. The number of alkyl halides is 4. The largest absolute Gasteiger partial charge is 0.480 e. The van der Waals surface area contributed by atoms with E-state index < -0.39 is 172 Å². The number of likely N-dealkylation sites (tertiary alicyclic amines) is 2. The summed E-state index contributed by atoms with van der Waals surface area (Å²) in [6, 6.07) is 10.9. The molecule has 8 rings (SSSR count). The molecule has 4 fully saturated rings. The first-order valence-electron chi connectivity index (χ1n) is 34.8. The zero-order chi connectivity index (χ0) is 78.4. The van der Waals surface area contributed by atoms with Crippen molar-refractivity contribution in [2.75, 3.05) is 161 Å². The maximum atomic E-state index is 14.8. The number of nitrogens with zero attached hydrogens (tertiary/aromatic N) is 13. The molecule has 580 valence electrons. The molecule has 6 heterocycles. The molecule has 0 bridgehead atoms. The highest BCUT2D eigenvalue weighted by Gasteiger charge is 2.48. The van der Waals surface area contributed by atoms with Crippen LogP contribution in [0.1, 0.15) is 72.1 Å². The lowest BCUT2D eigenvalue weighted by atomic mass is 10.1. The fraction of sp³-hybridized carbons (Fsp3) is 0.522. The summed E-state index contributed by atoms with van der Waals surface area (Å²) in [6.45, 7) is -5.18. The zero-order valence-corrected chi connectivity index (χ0v) is 58.8. The van der Waals surface area contributed by atoms with Gasteiger partial charge in [-0.25, -0.2) is 17.6 Å². The number of carbonyl (C=O) groups is 13. The Morgan fingerprint density at radius 2 is 0.861 bits per heavy atom. The minimum absolute atomic E-state index is 0.00493. The van der Waals surface area contributed by atoms with Gasteiger partial charge in [-0.15, -0.1) is 0 Å². The number of hydrogen-bond donors (Lipinski definition) is 9. The van der Waals surface area contributed by atoms with E-state index in [1.807, 2.05) is 0 Å². The van der Waals surface area contributed by atoms with E-state index in [1.165, 1.54) is 95.2 Å². The molecule has 35 nitrogen and oxygen atoms in total. The van der Waals surface area contributed by atoms with Crippen molar-refractivity contribution in [1.29, 1.82) is 10.5 Å². The van der Waals surface area contributed by atoms with Gasteiger partial charge in [-0.05, 0) is 30.7 Å². The summed E-state index contributed by atoms with van der Waals surface area (Å²) in [5.41, 5.74) is 0.556. The van der Waals surface area contributed by atoms with Crippen LogP contribution in [0.15, 0.2) is 60.9 Å². The molecule has 9 N–H and O–H groups in total. The lowest BCUT2D eigenvalue weighted by molar-refractivity contribution is -0.146. The van der Waals surface area contributed by atoms with E-state index in [1.54, 1.807) is 12.1 Å². The highest BCUT2D eigenvalue weighted by Crippen LogP contribution is 2.34. The Labute approximate surface area is 615 Å². The van der Waals surface area contributed by atoms with E-state index in [4.69, 9.17) is 0 Å². The summed E-state index contributed by atoms with van der Waals surface area (Å²) >= 11 is 0. The molecule has 0 radical (unpaired) electrons. The third-order valence-electron chi connectivity index (χ3n) is 18.8. The number of fused-ring (bicyclic) bond motifs is 2. The fourth-order valence-electron chi connectivity index (χ4n) is 13.1. The van der Waals surface area contributed by atoms with Gasteiger partial charge >= 0.3 is 23.9 Å². The average Bonchev–Trinajstić information content (AvgIpc) is 0.905. The molecule has 3 atom stereocenters. The lowest BCUT2D eigenvalue weighted by Crippen LogP contribution is -2.52. The predicted octanol–water partition coefficient (Wildman–Crippen LogP) is -0.302. The molecule has 39 heteroatoms. The molecule has 0 aliphatic carbocycles. The van der Waals surface area contributed by atoms with Crippen LogP contribution in [-0.2, 0) is 52.7 Å². The number of amides is 9. The number of anilines is 2. The van der Waals surface area contributed by atoms with Crippen molar-refractivity contribution in [2.45, 2.75) is 81.3 Å². The molecule has 9 amide bonds. The number of aromatic nitrogens is 2. The Morgan fingerprint density at radius 3 is 1.23 bits per heavy atom. The molecule has 0 spiro atoms. The second-order valence-electron chi connectivity index (χ2n) is 26.4. The normalized spacial score (nSPS) is 19.0. The monoisotopic (exact) mass is 1510 g/mol. The Bertz CT molecular complexity index is 3900. The van der Waals surface area contributed by atoms with E-state index in [2.05, 4.69) is 36.6 Å². The topological polar surface area (TPSA) is 466 Å². The second kappa shape index (κ2) is 38.4. The van der Waals surface area contributed by atoms with Crippen LogP contribution in [0.3, 0.4) is 0 Å². The number of hydrogen-bond acceptors (Lipinski definition) is 22. The summed E-state index contributed by atoms with van der Waals surface area (Å²) in [4.78, 5) is 193. The highest BCUT2D eigenvalue weighted by atomic mass is 19.3. The van der Waals surface area contributed by atoms with Gasteiger partial charge in [0.25, 0.3) is 23.7 Å². The van der Waals surface area contributed by atoms with Gasteiger partial charge in [0.1, 0.15) is 18.1 Å². The van der Waals surface area contributed by atoms with Crippen molar-refractivity contribution in [1.82, 2.24) is 70.0 Å². The molecule has 0 saturated carbocycles. The number of aliphatic carboxylic acids is 4. The van der Waals surface area contributed by atoms with Crippen molar-refractivity contribution >= 4 is 110 Å². The number of carboxylic acids is 4. The van der Waals surface area contributed by atoms with Crippen molar-refractivity contribution in [3.63, 3.8) is 0 Å². The zero-order valence-electron chi connectivity index (χ0n) is 58.8. The molecule has 1 unspecified atom stereocenters. The van der Waals surface area contributed by atoms with Crippen LogP contribution in [0.2, 0.25) is 0 Å². The van der Waals surface area contributed by atoms with Crippen LogP contribution in [0.4, 0.5) is 28.9 Å².